The molecule has 11 heteroatoms. The monoisotopic (exact) mass is 697 g/mol. The van der Waals surface area contributed by atoms with E-state index in [0.717, 1.165) is 61.4 Å². The molecular weight excluding hydrogens is 652 g/mol. The summed E-state index contributed by atoms with van der Waals surface area (Å²) in [5.41, 5.74) is 3.84. The molecule has 1 fully saturated rings. The van der Waals surface area contributed by atoms with Crippen LogP contribution in [0.1, 0.15) is 46.7 Å². The quantitative estimate of drug-likeness (QED) is 0.131. The summed E-state index contributed by atoms with van der Waals surface area (Å²) in [4.78, 5) is 22.7. The lowest BCUT2D eigenvalue weighted by Gasteiger charge is -2.34. The van der Waals surface area contributed by atoms with Gasteiger partial charge < -0.3 is 33.9 Å². The highest BCUT2D eigenvalue weighted by Gasteiger charge is 2.25. The van der Waals surface area contributed by atoms with Gasteiger partial charge in [-0.15, -0.1) is 0 Å². The van der Waals surface area contributed by atoms with Crippen molar-refractivity contribution in [3.63, 3.8) is 0 Å². The predicted molar refractivity (Wildman–Crippen MR) is 195 cm³/mol. The van der Waals surface area contributed by atoms with Gasteiger partial charge in [0.2, 0.25) is 11.7 Å². The smallest absolute Gasteiger partial charge is 0.253 e. The van der Waals surface area contributed by atoms with Crippen LogP contribution in [0, 0.1) is 11.6 Å². The Morgan fingerprint density at radius 3 is 2.25 bits per heavy atom. The van der Waals surface area contributed by atoms with Crippen LogP contribution in [0.3, 0.4) is 0 Å². The van der Waals surface area contributed by atoms with Crippen molar-refractivity contribution in [2.45, 2.75) is 37.8 Å². The lowest BCUT2D eigenvalue weighted by atomic mass is 9.94. The minimum absolute atomic E-state index is 0.0178. The van der Waals surface area contributed by atoms with Crippen LogP contribution in [0.5, 0.6) is 17.2 Å². The van der Waals surface area contributed by atoms with Gasteiger partial charge in [-0.05, 0) is 73.8 Å². The number of nitrogens with zero attached hydrogens (tertiary/aromatic N) is 4. The van der Waals surface area contributed by atoms with E-state index in [1.165, 1.54) is 39.5 Å². The van der Waals surface area contributed by atoms with Crippen LogP contribution in [0.4, 0.5) is 14.7 Å². The Bertz CT molecular complexity index is 1920. The lowest BCUT2D eigenvalue weighted by molar-refractivity contribution is 0.0781. The number of para-hydroxylation sites is 2. The van der Waals surface area contributed by atoms with E-state index in [2.05, 4.69) is 14.8 Å². The van der Waals surface area contributed by atoms with Gasteiger partial charge in [-0.2, -0.15) is 0 Å². The zero-order chi connectivity index (χ0) is 35.9. The average molecular weight is 698 g/mol. The number of carbonyl (C=O) groups is 1. The number of halogens is 2. The van der Waals surface area contributed by atoms with Gasteiger partial charge in [-0.1, -0.05) is 42.5 Å². The number of carbonyl (C=O) groups excluding carboxylic acids is 1. The first kappa shape index (κ1) is 35.7. The summed E-state index contributed by atoms with van der Waals surface area (Å²) in [6.45, 7) is 3.43. The lowest BCUT2D eigenvalue weighted by Crippen LogP contribution is -2.40. The van der Waals surface area contributed by atoms with Crippen molar-refractivity contribution in [2.24, 2.45) is 0 Å². The molecule has 9 nitrogen and oxygen atoms in total. The SMILES string of the molecule is COc1cc(C(=O)N(C)CC(CCN2CCC(Nc3nc4ccccc4n3Cc3ccccc3F)CC2)c2ccc(F)cc2)cc(OC)c1OC. The Hall–Kier alpha value is -5.16. The molecule has 1 aromatic heterocycles. The predicted octanol–water partition coefficient (Wildman–Crippen LogP) is 7.21. The molecule has 1 amide bonds. The van der Waals surface area contributed by atoms with Crippen molar-refractivity contribution in [2.75, 3.05) is 59.9 Å². The number of aromatic nitrogens is 2. The van der Waals surface area contributed by atoms with E-state index in [0.29, 0.717) is 41.5 Å². The third kappa shape index (κ3) is 8.26. The fourth-order valence-electron chi connectivity index (χ4n) is 6.90. The van der Waals surface area contributed by atoms with Crippen molar-refractivity contribution < 1.29 is 27.8 Å². The van der Waals surface area contributed by atoms with Crippen LogP contribution in [0.2, 0.25) is 0 Å². The molecule has 0 bridgehead atoms. The van der Waals surface area contributed by atoms with E-state index in [9.17, 15) is 13.6 Å². The second-order valence-corrected chi connectivity index (χ2v) is 13.0. The number of anilines is 1. The number of likely N-dealkylation sites (tertiary alicyclic amines) is 1. The molecule has 1 aliphatic rings. The summed E-state index contributed by atoms with van der Waals surface area (Å²) < 4.78 is 47.0. The van der Waals surface area contributed by atoms with Crippen molar-refractivity contribution >= 4 is 22.9 Å². The molecule has 1 unspecified atom stereocenters. The summed E-state index contributed by atoms with van der Waals surface area (Å²) in [7, 11) is 6.33. The number of likely N-dealkylation sites (N-methyl/N-ethyl adjacent to an activating group) is 1. The molecule has 1 aliphatic heterocycles. The van der Waals surface area contributed by atoms with Gasteiger partial charge in [0.05, 0.1) is 38.9 Å². The van der Waals surface area contributed by atoms with Gasteiger partial charge in [0.1, 0.15) is 11.6 Å². The fourth-order valence-corrected chi connectivity index (χ4v) is 6.90. The number of benzene rings is 4. The first-order valence-corrected chi connectivity index (χ1v) is 17.3. The largest absolute Gasteiger partial charge is 0.493 e. The van der Waals surface area contributed by atoms with Crippen molar-refractivity contribution in [3.8, 4) is 17.2 Å². The summed E-state index contributed by atoms with van der Waals surface area (Å²) >= 11 is 0. The molecule has 6 rings (SSSR count). The standard InChI is InChI=1S/C40H45F2N5O4/c1-45(39(48)30-23-36(49-2)38(51-4)37(24-30)50-3)25-28(27-13-15-31(41)16-14-27)17-20-46-21-18-32(19-22-46)43-40-44-34-11-7-8-12-35(34)47(40)26-29-9-5-6-10-33(29)42/h5-16,23-24,28,32H,17-22,25-26H2,1-4H3,(H,43,44). The van der Waals surface area contributed by atoms with Gasteiger partial charge in [0.25, 0.3) is 5.91 Å². The van der Waals surface area contributed by atoms with E-state index in [1.54, 1.807) is 42.3 Å². The number of methoxy groups -OCH3 is 3. The highest BCUT2D eigenvalue weighted by molar-refractivity contribution is 5.95. The Morgan fingerprint density at radius 1 is 0.922 bits per heavy atom. The number of hydrogen-bond acceptors (Lipinski definition) is 7. The van der Waals surface area contributed by atoms with Crippen molar-refractivity contribution in [3.05, 3.63) is 113 Å². The number of nitrogens with one attached hydrogen (secondary N) is 1. The van der Waals surface area contributed by atoms with Crippen molar-refractivity contribution in [1.29, 1.82) is 0 Å². The number of fused-ring (bicyclic) bond motifs is 1. The molecule has 1 atom stereocenters. The van der Waals surface area contributed by atoms with Crippen LogP contribution in [0.25, 0.3) is 11.0 Å². The first-order chi connectivity index (χ1) is 24.8. The number of imidazole rings is 1. The summed E-state index contributed by atoms with van der Waals surface area (Å²) in [6, 6.07) is 24.9. The minimum atomic E-state index is -0.295. The fraction of sp³-hybridized carbons (Fsp3) is 0.350. The molecule has 268 valence electrons. The van der Waals surface area contributed by atoms with Crippen LogP contribution < -0.4 is 19.5 Å². The Kier molecular flexibility index (Phi) is 11.4. The Labute approximate surface area is 297 Å². The molecular formula is C40H45F2N5O4. The highest BCUT2D eigenvalue weighted by atomic mass is 19.1. The van der Waals surface area contributed by atoms with E-state index >= 15 is 0 Å². The Balaban J connectivity index is 1.10. The normalized spacial score (nSPS) is 14.3. The van der Waals surface area contributed by atoms with Crippen LogP contribution in [-0.4, -0.2) is 85.9 Å². The number of piperidine rings is 1. The van der Waals surface area contributed by atoms with Crippen molar-refractivity contribution in [1.82, 2.24) is 19.4 Å². The minimum Gasteiger partial charge on any atom is -0.493 e. The highest BCUT2D eigenvalue weighted by Crippen LogP contribution is 2.38. The zero-order valence-electron chi connectivity index (χ0n) is 29.6. The average Bonchev–Trinajstić information content (AvgIpc) is 3.50. The van der Waals surface area contributed by atoms with E-state index < -0.39 is 0 Å². The van der Waals surface area contributed by atoms with Crippen LogP contribution >= 0.6 is 0 Å². The molecule has 0 saturated carbocycles. The van der Waals surface area contributed by atoms with E-state index in [-0.39, 0.29) is 29.5 Å². The molecule has 5 aromatic rings. The summed E-state index contributed by atoms with van der Waals surface area (Å²) in [5, 5.41) is 3.67. The first-order valence-electron chi connectivity index (χ1n) is 17.3. The molecule has 4 aromatic carbocycles. The molecule has 0 radical (unpaired) electrons. The van der Waals surface area contributed by atoms with Crippen LogP contribution in [0.15, 0.2) is 84.9 Å². The van der Waals surface area contributed by atoms with Gasteiger partial charge >= 0.3 is 0 Å². The number of amides is 1. The topological polar surface area (TPSA) is 81.1 Å². The molecule has 2 heterocycles. The zero-order valence-corrected chi connectivity index (χ0v) is 29.6. The van der Waals surface area contributed by atoms with E-state index in [4.69, 9.17) is 19.2 Å². The van der Waals surface area contributed by atoms with Crippen LogP contribution in [-0.2, 0) is 6.54 Å². The number of rotatable bonds is 14. The molecule has 51 heavy (non-hydrogen) atoms. The van der Waals surface area contributed by atoms with Gasteiger partial charge in [0, 0.05) is 49.8 Å². The molecule has 0 aliphatic carbocycles. The maximum Gasteiger partial charge on any atom is 0.253 e. The Morgan fingerprint density at radius 2 is 1.59 bits per heavy atom. The van der Waals surface area contributed by atoms with Gasteiger partial charge in [0.15, 0.2) is 11.5 Å². The van der Waals surface area contributed by atoms with Gasteiger partial charge in [-0.3, -0.25) is 4.79 Å². The second-order valence-electron chi connectivity index (χ2n) is 13.0. The van der Waals surface area contributed by atoms with E-state index in [1.807, 2.05) is 36.4 Å². The molecule has 1 saturated heterocycles. The summed E-state index contributed by atoms with van der Waals surface area (Å²) in [6.07, 6.45) is 2.63. The molecule has 1 N–H and O–H groups in total. The third-order valence-electron chi connectivity index (χ3n) is 9.75. The third-order valence-corrected chi connectivity index (χ3v) is 9.75. The number of ether oxygens (including phenoxy) is 3. The van der Waals surface area contributed by atoms with Gasteiger partial charge in [-0.25, -0.2) is 13.8 Å². The molecule has 0 spiro atoms. The number of hydrogen-bond donors (Lipinski definition) is 1. The maximum atomic E-state index is 14.6. The summed E-state index contributed by atoms with van der Waals surface area (Å²) in [5.74, 6) is 1.25. The maximum absolute atomic E-state index is 14.6. The second kappa shape index (κ2) is 16.2.